The predicted molar refractivity (Wildman–Crippen MR) is 84.9 cm³/mol. The number of ether oxygens (including phenoxy) is 2. The lowest BCUT2D eigenvalue weighted by molar-refractivity contribution is -0.160. The van der Waals surface area contributed by atoms with Crippen LogP contribution in [0, 0.1) is 5.41 Å². The SMILES string of the molecule is COCC1(C(=O)N2CCOC(c3ccccc3C(F)(F)F)C2)CCC1. The molecule has 2 fully saturated rings. The van der Waals surface area contributed by atoms with Crippen molar-refractivity contribution in [2.45, 2.75) is 31.5 Å². The molecule has 4 nitrogen and oxygen atoms in total. The Morgan fingerprint density at radius 2 is 2.08 bits per heavy atom. The van der Waals surface area contributed by atoms with Gasteiger partial charge in [0.1, 0.15) is 6.10 Å². The Hall–Kier alpha value is -1.60. The van der Waals surface area contributed by atoms with E-state index in [2.05, 4.69) is 0 Å². The van der Waals surface area contributed by atoms with Crippen molar-refractivity contribution in [3.05, 3.63) is 35.4 Å². The highest BCUT2D eigenvalue weighted by Crippen LogP contribution is 2.44. The van der Waals surface area contributed by atoms with E-state index in [9.17, 15) is 18.0 Å². The van der Waals surface area contributed by atoms with Gasteiger partial charge in [0.25, 0.3) is 0 Å². The molecule has 1 unspecified atom stereocenters. The predicted octanol–water partition coefficient (Wildman–Crippen LogP) is 3.42. The second-order valence-corrected chi connectivity index (χ2v) is 6.76. The third-order valence-electron chi connectivity index (χ3n) is 5.15. The Bertz CT molecular complexity index is 628. The van der Waals surface area contributed by atoms with E-state index in [1.165, 1.54) is 12.1 Å². The number of nitrogens with zero attached hydrogens (tertiary/aromatic N) is 1. The van der Waals surface area contributed by atoms with Crippen LogP contribution in [0.2, 0.25) is 0 Å². The Morgan fingerprint density at radius 1 is 1.36 bits per heavy atom. The van der Waals surface area contributed by atoms with E-state index < -0.39 is 23.3 Å². The molecular formula is C18H22F3NO3. The number of morpholine rings is 1. The number of methoxy groups -OCH3 is 1. The first-order valence-corrected chi connectivity index (χ1v) is 8.43. The molecule has 1 aromatic carbocycles. The van der Waals surface area contributed by atoms with Gasteiger partial charge in [0.15, 0.2) is 0 Å². The van der Waals surface area contributed by atoms with Crippen LogP contribution in [0.15, 0.2) is 24.3 Å². The van der Waals surface area contributed by atoms with E-state index in [4.69, 9.17) is 9.47 Å². The van der Waals surface area contributed by atoms with Gasteiger partial charge in [-0.1, -0.05) is 24.6 Å². The minimum atomic E-state index is -4.45. The van der Waals surface area contributed by atoms with Gasteiger partial charge in [-0.15, -0.1) is 0 Å². The van der Waals surface area contributed by atoms with E-state index in [0.29, 0.717) is 13.2 Å². The van der Waals surface area contributed by atoms with Crippen LogP contribution < -0.4 is 0 Å². The van der Waals surface area contributed by atoms with Gasteiger partial charge in [-0.3, -0.25) is 4.79 Å². The van der Waals surface area contributed by atoms with Gasteiger partial charge in [-0.05, 0) is 24.5 Å². The van der Waals surface area contributed by atoms with Crippen LogP contribution in [0.1, 0.15) is 36.5 Å². The molecule has 1 aromatic rings. The number of carbonyl (C=O) groups excluding carboxylic acids is 1. The van der Waals surface area contributed by atoms with Crippen molar-refractivity contribution < 1.29 is 27.4 Å². The molecule has 0 spiro atoms. The summed E-state index contributed by atoms with van der Waals surface area (Å²) < 4.78 is 50.6. The summed E-state index contributed by atoms with van der Waals surface area (Å²) in [7, 11) is 1.56. The van der Waals surface area contributed by atoms with Crippen molar-refractivity contribution in [1.82, 2.24) is 4.90 Å². The summed E-state index contributed by atoms with van der Waals surface area (Å²) in [5.41, 5.74) is -1.13. The molecule has 3 rings (SSSR count). The van der Waals surface area contributed by atoms with Crippen LogP contribution in [0.25, 0.3) is 0 Å². The Labute approximate surface area is 144 Å². The summed E-state index contributed by atoms with van der Waals surface area (Å²) in [5.74, 6) is -0.0293. The van der Waals surface area contributed by atoms with Crippen LogP contribution in [0.4, 0.5) is 13.2 Å². The average Bonchev–Trinajstić information content (AvgIpc) is 2.57. The molecule has 1 heterocycles. The molecule has 138 valence electrons. The van der Waals surface area contributed by atoms with Crippen LogP contribution in [-0.2, 0) is 20.4 Å². The van der Waals surface area contributed by atoms with Crippen LogP contribution in [-0.4, -0.2) is 44.2 Å². The fourth-order valence-corrected chi connectivity index (χ4v) is 3.69. The topological polar surface area (TPSA) is 38.8 Å². The van der Waals surface area contributed by atoms with E-state index >= 15 is 0 Å². The Morgan fingerprint density at radius 3 is 2.68 bits per heavy atom. The summed E-state index contributed by atoms with van der Waals surface area (Å²) in [6, 6.07) is 5.40. The molecule has 1 saturated heterocycles. The Balaban J connectivity index is 1.79. The normalized spacial score (nSPS) is 23.2. The number of hydrogen-bond donors (Lipinski definition) is 0. The lowest BCUT2D eigenvalue weighted by Crippen LogP contribution is -2.54. The third kappa shape index (κ3) is 3.53. The number of carbonyl (C=O) groups is 1. The number of alkyl halides is 3. The van der Waals surface area contributed by atoms with Crippen LogP contribution in [0.5, 0.6) is 0 Å². The molecule has 7 heteroatoms. The number of halogens is 3. The van der Waals surface area contributed by atoms with Crippen molar-refractivity contribution in [2.24, 2.45) is 5.41 Å². The summed E-state index contributed by atoms with van der Waals surface area (Å²) in [4.78, 5) is 14.6. The number of benzene rings is 1. The molecule has 0 bridgehead atoms. The zero-order valence-corrected chi connectivity index (χ0v) is 14.1. The number of amides is 1. The lowest BCUT2D eigenvalue weighted by Gasteiger charge is -2.45. The molecule has 1 aliphatic heterocycles. The lowest BCUT2D eigenvalue weighted by atomic mass is 9.68. The van der Waals surface area contributed by atoms with Gasteiger partial charge in [-0.2, -0.15) is 13.2 Å². The van der Waals surface area contributed by atoms with Crippen molar-refractivity contribution in [2.75, 3.05) is 33.4 Å². The first-order valence-electron chi connectivity index (χ1n) is 8.43. The fraction of sp³-hybridized carbons (Fsp3) is 0.611. The van der Waals surface area contributed by atoms with Gasteiger partial charge in [0.2, 0.25) is 5.91 Å². The average molecular weight is 357 g/mol. The van der Waals surface area contributed by atoms with Gasteiger partial charge < -0.3 is 14.4 Å². The quantitative estimate of drug-likeness (QED) is 0.829. The van der Waals surface area contributed by atoms with E-state index in [1.54, 1.807) is 18.1 Å². The zero-order valence-electron chi connectivity index (χ0n) is 14.1. The fourth-order valence-electron chi connectivity index (χ4n) is 3.69. The monoisotopic (exact) mass is 357 g/mol. The molecule has 0 radical (unpaired) electrons. The smallest absolute Gasteiger partial charge is 0.384 e. The first-order chi connectivity index (χ1) is 11.9. The maximum atomic E-state index is 13.3. The van der Waals surface area contributed by atoms with Crippen LogP contribution >= 0.6 is 0 Å². The van der Waals surface area contributed by atoms with Crippen molar-refractivity contribution in [1.29, 1.82) is 0 Å². The highest BCUT2D eigenvalue weighted by atomic mass is 19.4. The van der Waals surface area contributed by atoms with E-state index in [1.807, 2.05) is 0 Å². The molecule has 1 aliphatic carbocycles. The van der Waals surface area contributed by atoms with Gasteiger partial charge in [0.05, 0.1) is 30.7 Å². The van der Waals surface area contributed by atoms with Crippen molar-refractivity contribution in [3.8, 4) is 0 Å². The highest BCUT2D eigenvalue weighted by molar-refractivity contribution is 5.84. The first kappa shape index (κ1) is 18.2. The number of rotatable bonds is 4. The standard InChI is InChI=1S/C18H22F3NO3/c1-24-12-17(7-4-8-17)16(23)22-9-10-25-15(11-22)13-5-2-3-6-14(13)18(19,20)21/h2-3,5-6,15H,4,7-12H2,1H3. The summed E-state index contributed by atoms with van der Waals surface area (Å²) in [6.45, 7) is 1.12. The molecule has 1 amide bonds. The molecular weight excluding hydrogens is 335 g/mol. The van der Waals surface area contributed by atoms with E-state index in [-0.39, 0.29) is 24.6 Å². The molecule has 2 aliphatic rings. The molecule has 0 aromatic heterocycles. The van der Waals surface area contributed by atoms with E-state index in [0.717, 1.165) is 25.3 Å². The number of hydrogen-bond acceptors (Lipinski definition) is 3. The highest BCUT2D eigenvalue weighted by Gasteiger charge is 2.47. The molecule has 25 heavy (non-hydrogen) atoms. The zero-order chi connectivity index (χ0) is 18.1. The largest absolute Gasteiger partial charge is 0.416 e. The van der Waals surface area contributed by atoms with Crippen LogP contribution in [0.3, 0.4) is 0 Å². The maximum Gasteiger partial charge on any atom is 0.416 e. The summed E-state index contributed by atoms with van der Waals surface area (Å²) >= 11 is 0. The second-order valence-electron chi connectivity index (χ2n) is 6.76. The second kappa shape index (κ2) is 6.96. The molecule has 0 N–H and O–H groups in total. The molecule has 1 saturated carbocycles. The Kier molecular flexibility index (Phi) is 5.06. The van der Waals surface area contributed by atoms with Gasteiger partial charge in [-0.25, -0.2) is 0 Å². The van der Waals surface area contributed by atoms with Gasteiger partial charge in [0, 0.05) is 13.7 Å². The maximum absolute atomic E-state index is 13.3. The van der Waals surface area contributed by atoms with Crippen molar-refractivity contribution >= 4 is 5.91 Å². The third-order valence-corrected chi connectivity index (χ3v) is 5.15. The molecule has 1 atom stereocenters. The summed E-state index contributed by atoms with van der Waals surface area (Å²) in [6.07, 6.45) is -2.71. The minimum Gasteiger partial charge on any atom is -0.384 e. The van der Waals surface area contributed by atoms with Gasteiger partial charge >= 0.3 is 6.18 Å². The van der Waals surface area contributed by atoms with Crippen molar-refractivity contribution in [3.63, 3.8) is 0 Å². The minimum absolute atomic E-state index is 0.0293. The summed E-state index contributed by atoms with van der Waals surface area (Å²) in [5, 5.41) is 0.